The minimum absolute atomic E-state index is 0.546. The van der Waals surface area contributed by atoms with Crippen molar-refractivity contribution in [3.63, 3.8) is 0 Å². The molecule has 2 heterocycles. The quantitative estimate of drug-likeness (QED) is 0.898. The third-order valence-corrected chi connectivity index (χ3v) is 4.53. The number of anilines is 1. The van der Waals surface area contributed by atoms with Gasteiger partial charge in [0.15, 0.2) is 0 Å². The van der Waals surface area contributed by atoms with E-state index in [0.29, 0.717) is 17.8 Å². The van der Waals surface area contributed by atoms with E-state index in [0.717, 1.165) is 17.2 Å². The van der Waals surface area contributed by atoms with E-state index in [1.165, 1.54) is 12.8 Å². The molecule has 0 bridgehead atoms. The van der Waals surface area contributed by atoms with Crippen molar-refractivity contribution in [1.82, 2.24) is 14.5 Å². The van der Waals surface area contributed by atoms with Gasteiger partial charge in [0.05, 0.1) is 18.2 Å². The minimum atomic E-state index is 0.546. The molecule has 0 aliphatic heterocycles. The fraction of sp³-hybridized carbons (Fsp3) is 0.467. The van der Waals surface area contributed by atoms with Gasteiger partial charge < -0.3 is 10.3 Å². The van der Waals surface area contributed by atoms with Crippen LogP contribution in [0.3, 0.4) is 0 Å². The lowest BCUT2D eigenvalue weighted by molar-refractivity contribution is 0.355. The van der Waals surface area contributed by atoms with Crippen molar-refractivity contribution >= 4 is 5.82 Å². The number of hydrogen-bond donors (Lipinski definition) is 1. The van der Waals surface area contributed by atoms with Gasteiger partial charge in [-0.2, -0.15) is 0 Å². The summed E-state index contributed by atoms with van der Waals surface area (Å²) >= 11 is 0. The highest BCUT2D eigenvalue weighted by molar-refractivity contribution is 5.59. The standard InChI is InChI=1S/C15H20N4/c1-10-3-5-13(11(10)2)19-9-17-8-14(19)12-4-6-15(16)18-7-12/h4,6-11,13H,3,5H2,1-2H3,(H2,16,18). The Balaban J connectivity index is 1.97. The first-order valence-corrected chi connectivity index (χ1v) is 6.90. The second kappa shape index (κ2) is 4.68. The highest BCUT2D eigenvalue weighted by Gasteiger charge is 2.31. The van der Waals surface area contributed by atoms with Gasteiger partial charge in [-0.15, -0.1) is 0 Å². The van der Waals surface area contributed by atoms with Gasteiger partial charge in [0.1, 0.15) is 5.82 Å². The summed E-state index contributed by atoms with van der Waals surface area (Å²) in [4.78, 5) is 8.50. The van der Waals surface area contributed by atoms with Crippen LogP contribution in [0, 0.1) is 11.8 Å². The predicted molar refractivity (Wildman–Crippen MR) is 76.5 cm³/mol. The lowest BCUT2D eigenvalue weighted by atomic mass is 9.97. The Bertz CT molecular complexity index is 558. The van der Waals surface area contributed by atoms with Crippen molar-refractivity contribution in [3.8, 4) is 11.3 Å². The van der Waals surface area contributed by atoms with Crippen molar-refractivity contribution < 1.29 is 0 Å². The van der Waals surface area contributed by atoms with Crippen LogP contribution in [0.1, 0.15) is 32.7 Å². The molecule has 4 nitrogen and oxygen atoms in total. The van der Waals surface area contributed by atoms with Crippen LogP contribution in [-0.2, 0) is 0 Å². The molecule has 3 unspecified atom stereocenters. The Morgan fingerprint density at radius 2 is 2.05 bits per heavy atom. The largest absolute Gasteiger partial charge is 0.384 e. The van der Waals surface area contributed by atoms with Crippen molar-refractivity contribution in [3.05, 3.63) is 30.9 Å². The summed E-state index contributed by atoms with van der Waals surface area (Å²) in [6, 6.07) is 4.40. The molecule has 0 saturated heterocycles. The van der Waals surface area contributed by atoms with Crippen molar-refractivity contribution in [1.29, 1.82) is 0 Å². The second-order valence-electron chi connectivity index (χ2n) is 5.64. The summed E-state index contributed by atoms with van der Waals surface area (Å²) in [7, 11) is 0. The first-order valence-electron chi connectivity index (χ1n) is 6.90. The van der Waals surface area contributed by atoms with E-state index in [1.54, 1.807) is 0 Å². The molecule has 3 atom stereocenters. The molecule has 2 aromatic heterocycles. The minimum Gasteiger partial charge on any atom is -0.384 e. The van der Waals surface area contributed by atoms with Gasteiger partial charge in [-0.1, -0.05) is 13.8 Å². The topological polar surface area (TPSA) is 56.7 Å². The molecule has 19 heavy (non-hydrogen) atoms. The van der Waals surface area contributed by atoms with Gasteiger partial charge in [0.25, 0.3) is 0 Å². The summed E-state index contributed by atoms with van der Waals surface area (Å²) in [5.74, 6) is 2.03. The normalized spacial score (nSPS) is 26.7. The lowest BCUT2D eigenvalue weighted by Crippen LogP contribution is -2.14. The third-order valence-electron chi connectivity index (χ3n) is 4.53. The molecule has 2 aromatic rings. The Hall–Kier alpha value is -1.84. The SMILES string of the molecule is CC1CCC(n2cncc2-c2ccc(N)nc2)C1C. The number of aromatic nitrogens is 3. The molecule has 3 rings (SSSR count). The summed E-state index contributed by atoms with van der Waals surface area (Å²) in [6.45, 7) is 4.68. The average molecular weight is 256 g/mol. The van der Waals surface area contributed by atoms with Crippen molar-refractivity contribution in [2.24, 2.45) is 11.8 Å². The van der Waals surface area contributed by atoms with E-state index >= 15 is 0 Å². The molecule has 1 fully saturated rings. The van der Waals surface area contributed by atoms with Gasteiger partial charge in [-0.25, -0.2) is 9.97 Å². The Kier molecular flexibility index (Phi) is 3.01. The monoisotopic (exact) mass is 256 g/mol. The van der Waals surface area contributed by atoms with E-state index in [2.05, 4.69) is 28.4 Å². The summed E-state index contributed by atoms with van der Waals surface area (Å²) in [6.07, 6.45) is 8.22. The molecule has 100 valence electrons. The fourth-order valence-electron chi connectivity index (χ4n) is 3.08. The van der Waals surface area contributed by atoms with Gasteiger partial charge in [-0.05, 0) is 36.8 Å². The first kappa shape index (κ1) is 12.2. The maximum atomic E-state index is 5.65. The molecule has 2 N–H and O–H groups in total. The van der Waals surface area contributed by atoms with Crippen molar-refractivity contribution in [2.45, 2.75) is 32.7 Å². The number of hydrogen-bond acceptors (Lipinski definition) is 3. The number of imidazole rings is 1. The first-order chi connectivity index (χ1) is 9.16. The van der Waals surface area contributed by atoms with Crippen LogP contribution in [0.4, 0.5) is 5.82 Å². The van der Waals surface area contributed by atoms with Crippen LogP contribution in [0.15, 0.2) is 30.9 Å². The zero-order valence-electron chi connectivity index (χ0n) is 11.5. The molecule has 1 saturated carbocycles. The average Bonchev–Trinajstić information content (AvgIpc) is 2.99. The lowest BCUT2D eigenvalue weighted by Gasteiger charge is -2.22. The van der Waals surface area contributed by atoms with E-state index in [4.69, 9.17) is 5.73 Å². The Labute approximate surface area is 113 Å². The molecule has 0 spiro atoms. The molecular weight excluding hydrogens is 236 g/mol. The second-order valence-corrected chi connectivity index (χ2v) is 5.64. The molecule has 1 aliphatic carbocycles. The number of pyridine rings is 1. The fourth-order valence-corrected chi connectivity index (χ4v) is 3.08. The van der Waals surface area contributed by atoms with Crippen LogP contribution < -0.4 is 5.73 Å². The van der Waals surface area contributed by atoms with Crippen LogP contribution in [0.25, 0.3) is 11.3 Å². The predicted octanol–water partition coefficient (Wildman–Crippen LogP) is 3.13. The van der Waals surface area contributed by atoms with Crippen LogP contribution in [0.5, 0.6) is 0 Å². The molecule has 0 amide bonds. The Morgan fingerprint density at radius 1 is 1.21 bits per heavy atom. The third kappa shape index (κ3) is 2.11. The summed E-state index contributed by atoms with van der Waals surface area (Å²) < 4.78 is 2.31. The van der Waals surface area contributed by atoms with E-state index in [9.17, 15) is 0 Å². The number of nitrogen functional groups attached to an aromatic ring is 1. The highest BCUT2D eigenvalue weighted by Crippen LogP contribution is 2.41. The van der Waals surface area contributed by atoms with E-state index in [1.807, 2.05) is 30.9 Å². The molecule has 4 heteroatoms. The zero-order valence-corrected chi connectivity index (χ0v) is 11.5. The van der Waals surface area contributed by atoms with Gasteiger partial charge in [-0.3, -0.25) is 0 Å². The van der Waals surface area contributed by atoms with Crippen molar-refractivity contribution in [2.75, 3.05) is 5.73 Å². The molecule has 0 aromatic carbocycles. The number of nitrogens with two attached hydrogens (primary N) is 1. The van der Waals surface area contributed by atoms with E-state index in [-0.39, 0.29) is 0 Å². The van der Waals surface area contributed by atoms with Crippen LogP contribution in [-0.4, -0.2) is 14.5 Å². The van der Waals surface area contributed by atoms with E-state index < -0.39 is 0 Å². The van der Waals surface area contributed by atoms with Gasteiger partial charge >= 0.3 is 0 Å². The highest BCUT2D eigenvalue weighted by atomic mass is 15.1. The zero-order chi connectivity index (χ0) is 13.4. The molecule has 1 aliphatic rings. The summed E-state index contributed by atoms with van der Waals surface area (Å²) in [5.41, 5.74) is 7.87. The maximum absolute atomic E-state index is 5.65. The maximum Gasteiger partial charge on any atom is 0.123 e. The number of nitrogens with zero attached hydrogens (tertiary/aromatic N) is 3. The van der Waals surface area contributed by atoms with Gasteiger partial charge in [0, 0.05) is 17.8 Å². The number of rotatable bonds is 2. The summed E-state index contributed by atoms with van der Waals surface area (Å²) in [5, 5.41) is 0. The Morgan fingerprint density at radius 3 is 2.68 bits per heavy atom. The smallest absolute Gasteiger partial charge is 0.123 e. The van der Waals surface area contributed by atoms with Crippen LogP contribution in [0.2, 0.25) is 0 Å². The van der Waals surface area contributed by atoms with Gasteiger partial charge in [0.2, 0.25) is 0 Å². The van der Waals surface area contributed by atoms with Crippen LogP contribution >= 0.6 is 0 Å². The molecular formula is C15H20N4. The molecule has 0 radical (unpaired) electrons.